The standard InChI is InChI=1S/C15H12BrFN4O/c1-8-5-10(16)7-21-13(9(2)19-14(8)21)15(22)20-12-4-3-11(17)6-18-12/h3-7H,1-2H3,(H,18,20,22). The Labute approximate surface area is 134 Å². The Morgan fingerprint density at radius 3 is 2.82 bits per heavy atom. The summed E-state index contributed by atoms with van der Waals surface area (Å²) in [4.78, 5) is 20.8. The normalized spacial score (nSPS) is 10.9. The Morgan fingerprint density at radius 1 is 1.36 bits per heavy atom. The highest BCUT2D eigenvalue weighted by molar-refractivity contribution is 9.10. The van der Waals surface area contributed by atoms with E-state index < -0.39 is 5.82 Å². The van der Waals surface area contributed by atoms with Gasteiger partial charge in [-0.3, -0.25) is 9.20 Å². The molecule has 3 aromatic rings. The molecule has 0 fully saturated rings. The van der Waals surface area contributed by atoms with E-state index in [1.165, 1.54) is 12.1 Å². The summed E-state index contributed by atoms with van der Waals surface area (Å²) < 4.78 is 15.4. The molecule has 1 amide bonds. The monoisotopic (exact) mass is 362 g/mol. The number of rotatable bonds is 2. The van der Waals surface area contributed by atoms with Crippen LogP contribution in [0.2, 0.25) is 0 Å². The van der Waals surface area contributed by atoms with E-state index in [9.17, 15) is 9.18 Å². The van der Waals surface area contributed by atoms with Crippen LogP contribution < -0.4 is 5.32 Å². The van der Waals surface area contributed by atoms with Gasteiger partial charge in [0.25, 0.3) is 5.91 Å². The maximum atomic E-state index is 12.9. The molecule has 22 heavy (non-hydrogen) atoms. The van der Waals surface area contributed by atoms with Crippen LogP contribution in [0.4, 0.5) is 10.2 Å². The van der Waals surface area contributed by atoms with Crippen LogP contribution in [0.25, 0.3) is 5.65 Å². The van der Waals surface area contributed by atoms with Gasteiger partial charge in [0.15, 0.2) is 0 Å². The van der Waals surface area contributed by atoms with Crippen LogP contribution in [0, 0.1) is 19.7 Å². The molecule has 0 bridgehead atoms. The van der Waals surface area contributed by atoms with Gasteiger partial charge in [-0.2, -0.15) is 0 Å². The van der Waals surface area contributed by atoms with Gasteiger partial charge < -0.3 is 5.32 Å². The Hall–Kier alpha value is -2.28. The predicted molar refractivity (Wildman–Crippen MR) is 84.5 cm³/mol. The number of halogens is 2. The van der Waals surface area contributed by atoms with Crippen molar-refractivity contribution in [2.45, 2.75) is 13.8 Å². The Kier molecular flexibility index (Phi) is 3.66. The maximum Gasteiger partial charge on any atom is 0.275 e. The summed E-state index contributed by atoms with van der Waals surface area (Å²) in [5, 5.41) is 2.65. The first-order chi connectivity index (χ1) is 10.5. The molecule has 0 unspecified atom stereocenters. The van der Waals surface area contributed by atoms with Crippen LogP contribution in [0.1, 0.15) is 21.7 Å². The molecular weight excluding hydrogens is 351 g/mol. The molecular formula is C15H12BrFN4O. The van der Waals surface area contributed by atoms with Gasteiger partial charge in [0.05, 0.1) is 11.9 Å². The number of pyridine rings is 2. The van der Waals surface area contributed by atoms with Crippen molar-refractivity contribution in [1.29, 1.82) is 0 Å². The first-order valence-corrected chi connectivity index (χ1v) is 7.32. The predicted octanol–water partition coefficient (Wildman–Crippen LogP) is 3.50. The average Bonchev–Trinajstić information content (AvgIpc) is 2.78. The molecule has 3 aromatic heterocycles. The fourth-order valence-corrected chi connectivity index (χ4v) is 2.83. The van der Waals surface area contributed by atoms with Crippen molar-refractivity contribution in [3.8, 4) is 0 Å². The summed E-state index contributed by atoms with van der Waals surface area (Å²) in [5.41, 5.74) is 2.71. The lowest BCUT2D eigenvalue weighted by molar-refractivity contribution is 0.102. The van der Waals surface area contributed by atoms with Crippen molar-refractivity contribution < 1.29 is 9.18 Å². The minimum absolute atomic E-state index is 0.285. The third-order valence-electron chi connectivity index (χ3n) is 3.23. The highest BCUT2D eigenvalue weighted by Gasteiger charge is 2.18. The van der Waals surface area contributed by atoms with Crippen molar-refractivity contribution in [3.05, 3.63) is 57.8 Å². The molecule has 0 saturated carbocycles. The number of carbonyl (C=O) groups is 1. The highest BCUT2D eigenvalue weighted by atomic mass is 79.9. The Bertz CT molecular complexity index is 873. The fourth-order valence-electron chi connectivity index (χ4n) is 2.28. The van der Waals surface area contributed by atoms with Gasteiger partial charge in [-0.25, -0.2) is 14.4 Å². The van der Waals surface area contributed by atoms with Crippen LogP contribution >= 0.6 is 15.9 Å². The maximum absolute atomic E-state index is 12.9. The number of carbonyl (C=O) groups excluding carboxylic acids is 1. The van der Waals surface area contributed by atoms with Gasteiger partial charge in [-0.15, -0.1) is 0 Å². The number of fused-ring (bicyclic) bond motifs is 1. The lowest BCUT2D eigenvalue weighted by atomic mass is 10.3. The number of amides is 1. The van der Waals surface area contributed by atoms with Crippen LogP contribution in [-0.2, 0) is 0 Å². The molecule has 0 aliphatic carbocycles. The zero-order valence-electron chi connectivity index (χ0n) is 11.9. The number of aryl methyl sites for hydroxylation is 2. The van der Waals surface area contributed by atoms with Gasteiger partial charge in [-0.1, -0.05) is 0 Å². The molecule has 1 N–H and O–H groups in total. The summed E-state index contributed by atoms with van der Waals surface area (Å²) in [6, 6.07) is 4.59. The second-order valence-electron chi connectivity index (χ2n) is 4.90. The first kappa shape index (κ1) is 14.6. The molecule has 3 rings (SSSR count). The summed E-state index contributed by atoms with van der Waals surface area (Å²) in [6.07, 6.45) is 2.84. The van der Waals surface area contributed by atoms with Crippen molar-refractivity contribution in [3.63, 3.8) is 0 Å². The lowest BCUT2D eigenvalue weighted by Gasteiger charge is -2.06. The highest BCUT2D eigenvalue weighted by Crippen LogP contribution is 2.21. The van der Waals surface area contributed by atoms with Gasteiger partial charge in [-0.05, 0) is 53.5 Å². The Morgan fingerprint density at radius 2 is 2.14 bits per heavy atom. The smallest absolute Gasteiger partial charge is 0.275 e. The van der Waals surface area contributed by atoms with Crippen molar-refractivity contribution in [2.75, 3.05) is 5.32 Å². The summed E-state index contributed by atoms with van der Waals surface area (Å²) >= 11 is 3.42. The summed E-state index contributed by atoms with van der Waals surface area (Å²) in [7, 11) is 0. The largest absolute Gasteiger partial charge is 0.305 e. The number of anilines is 1. The summed E-state index contributed by atoms with van der Waals surface area (Å²) in [5.74, 6) is -0.516. The van der Waals surface area contributed by atoms with E-state index in [2.05, 4.69) is 31.2 Å². The van der Waals surface area contributed by atoms with Gasteiger partial charge in [0.2, 0.25) is 0 Å². The fraction of sp³-hybridized carbons (Fsp3) is 0.133. The third-order valence-corrected chi connectivity index (χ3v) is 3.66. The van der Waals surface area contributed by atoms with E-state index >= 15 is 0 Å². The number of hydrogen-bond donors (Lipinski definition) is 1. The lowest BCUT2D eigenvalue weighted by Crippen LogP contribution is -2.16. The molecule has 5 nitrogen and oxygen atoms in total. The van der Waals surface area contributed by atoms with Crippen molar-refractivity contribution >= 4 is 33.3 Å². The van der Waals surface area contributed by atoms with E-state index in [1.54, 1.807) is 17.5 Å². The van der Waals surface area contributed by atoms with E-state index in [0.717, 1.165) is 21.9 Å². The van der Waals surface area contributed by atoms with Crippen LogP contribution in [0.15, 0.2) is 35.1 Å². The average molecular weight is 363 g/mol. The molecule has 0 saturated heterocycles. The number of aromatic nitrogens is 3. The van der Waals surface area contributed by atoms with Crippen LogP contribution in [0.3, 0.4) is 0 Å². The number of nitrogens with zero attached hydrogens (tertiary/aromatic N) is 3. The molecule has 0 spiro atoms. The van der Waals surface area contributed by atoms with Gasteiger partial charge in [0.1, 0.15) is 23.0 Å². The molecule has 0 aliphatic heterocycles. The number of nitrogens with one attached hydrogen (secondary N) is 1. The zero-order chi connectivity index (χ0) is 15.9. The van der Waals surface area contributed by atoms with Crippen molar-refractivity contribution in [1.82, 2.24) is 14.4 Å². The van der Waals surface area contributed by atoms with E-state index in [0.29, 0.717) is 11.4 Å². The van der Waals surface area contributed by atoms with Crippen LogP contribution in [0.5, 0.6) is 0 Å². The van der Waals surface area contributed by atoms with Crippen LogP contribution in [-0.4, -0.2) is 20.3 Å². The molecule has 112 valence electrons. The SMILES string of the molecule is Cc1nc2c(C)cc(Br)cn2c1C(=O)Nc1ccc(F)cn1. The molecule has 3 heterocycles. The summed E-state index contributed by atoms with van der Waals surface area (Å²) in [6.45, 7) is 3.70. The zero-order valence-corrected chi connectivity index (χ0v) is 13.5. The Balaban J connectivity index is 2.03. The van der Waals surface area contributed by atoms with E-state index in [-0.39, 0.29) is 11.7 Å². The minimum Gasteiger partial charge on any atom is -0.305 e. The van der Waals surface area contributed by atoms with E-state index in [4.69, 9.17) is 0 Å². The molecule has 0 aromatic carbocycles. The van der Waals surface area contributed by atoms with Gasteiger partial charge >= 0.3 is 0 Å². The first-order valence-electron chi connectivity index (χ1n) is 6.53. The molecule has 0 atom stereocenters. The second kappa shape index (κ2) is 5.49. The third kappa shape index (κ3) is 2.59. The minimum atomic E-state index is -0.455. The van der Waals surface area contributed by atoms with Crippen molar-refractivity contribution in [2.24, 2.45) is 0 Å². The van der Waals surface area contributed by atoms with Gasteiger partial charge in [0, 0.05) is 10.7 Å². The molecule has 7 heteroatoms. The number of hydrogen-bond acceptors (Lipinski definition) is 3. The second-order valence-corrected chi connectivity index (χ2v) is 5.81. The molecule has 0 radical (unpaired) electrons. The quantitative estimate of drug-likeness (QED) is 0.758. The number of imidazole rings is 1. The van der Waals surface area contributed by atoms with E-state index in [1.807, 2.05) is 13.0 Å². The topological polar surface area (TPSA) is 59.3 Å². The molecule has 0 aliphatic rings.